The number of carboxylic acids is 1. The van der Waals surface area contributed by atoms with Crippen molar-refractivity contribution in [3.05, 3.63) is 0 Å². The van der Waals surface area contributed by atoms with Gasteiger partial charge in [0.05, 0.1) is 18.6 Å². The number of rotatable bonds is 4. The molecule has 2 rings (SSSR count). The van der Waals surface area contributed by atoms with Crippen LogP contribution in [0.1, 0.15) is 12.8 Å². The van der Waals surface area contributed by atoms with E-state index < -0.39 is 25.0 Å². The first-order valence-corrected chi connectivity index (χ1v) is 4.36. The molecule has 74 valence electrons. The average molecular weight is 197 g/mol. The number of carbonyl (C=O) groups is 1. The SMILES string of the molecule is O=C([O-])[C@H]1[C@@H](C2CC2)N1CC(F)F.[Li+]. The Bertz CT molecular complexity index is 235. The van der Waals surface area contributed by atoms with Crippen LogP contribution in [-0.2, 0) is 4.79 Å². The van der Waals surface area contributed by atoms with E-state index in [-0.39, 0.29) is 24.9 Å². The molecule has 1 unspecified atom stereocenters. The molecule has 1 heterocycles. The third kappa shape index (κ3) is 2.27. The Kier molecular flexibility index (Phi) is 3.57. The van der Waals surface area contributed by atoms with Gasteiger partial charge in [0, 0.05) is 6.04 Å². The number of hydrogen-bond acceptors (Lipinski definition) is 3. The summed E-state index contributed by atoms with van der Waals surface area (Å²) in [6.07, 6.45) is -0.520. The molecule has 1 aliphatic carbocycles. The first kappa shape index (κ1) is 12.0. The summed E-state index contributed by atoms with van der Waals surface area (Å²) in [6, 6.07) is -0.916. The van der Waals surface area contributed by atoms with Gasteiger partial charge in [0.2, 0.25) is 0 Å². The zero-order valence-corrected chi connectivity index (χ0v) is 7.95. The van der Waals surface area contributed by atoms with Gasteiger partial charge in [0.25, 0.3) is 6.43 Å². The summed E-state index contributed by atoms with van der Waals surface area (Å²) < 4.78 is 23.9. The van der Waals surface area contributed by atoms with Crippen LogP contribution in [-0.4, -0.2) is 35.9 Å². The maximum absolute atomic E-state index is 12.0. The Labute approximate surface area is 92.6 Å². The van der Waals surface area contributed by atoms with Crippen molar-refractivity contribution >= 4 is 5.97 Å². The molecule has 0 radical (unpaired) electrons. The van der Waals surface area contributed by atoms with Crippen LogP contribution in [0.5, 0.6) is 0 Å². The molecule has 2 aliphatic rings. The topological polar surface area (TPSA) is 43.1 Å². The van der Waals surface area contributed by atoms with Crippen LogP contribution < -0.4 is 24.0 Å². The third-order valence-corrected chi connectivity index (χ3v) is 2.67. The first-order chi connectivity index (χ1) is 6.11. The fourth-order valence-electron chi connectivity index (χ4n) is 1.93. The van der Waals surface area contributed by atoms with E-state index in [1.807, 2.05) is 0 Å². The quantitative estimate of drug-likeness (QED) is 0.346. The molecule has 0 spiro atoms. The first-order valence-electron chi connectivity index (χ1n) is 4.36. The molecule has 14 heavy (non-hydrogen) atoms. The standard InChI is InChI=1S/C8H11F2NO2.Li/c9-5(10)3-11-6(4-1-2-4)7(11)8(12)13;/h4-7H,1-3H2,(H,12,13);/q;+1/p-1/t6-,7-,11?;/m1./s1. The molecule has 0 aromatic rings. The van der Waals surface area contributed by atoms with E-state index in [1.165, 1.54) is 4.90 Å². The van der Waals surface area contributed by atoms with Crippen molar-refractivity contribution in [3.63, 3.8) is 0 Å². The minimum atomic E-state index is -2.45. The second kappa shape index (κ2) is 4.17. The second-order valence-corrected chi connectivity index (χ2v) is 3.68. The summed E-state index contributed by atoms with van der Waals surface area (Å²) in [7, 11) is 0. The number of aliphatic carboxylic acids is 1. The largest absolute Gasteiger partial charge is 1.00 e. The van der Waals surface area contributed by atoms with Gasteiger partial charge in [-0.1, -0.05) is 0 Å². The average Bonchev–Trinajstić information content (AvgIpc) is 2.71. The number of carbonyl (C=O) groups excluding carboxylic acids is 1. The molecule has 6 heteroatoms. The van der Waals surface area contributed by atoms with Gasteiger partial charge < -0.3 is 9.90 Å². The monoisotopic (exact) mass is 197 g/mol. The molecular weight excluding hydrogens is 187 g/mol. The Morgan fingerprint density at radius 3 is 2.43 bits per heavy atom. The molecule has 0 amide bonds. The van der Waals surface area contributed by atoms with E-state index in [4.69, 9.17) is 0 Å². The van der Waals surface area contributed by atoms with Crippen molar-refractivity contribution in [1.82, 2.24) is 4.90 Å². The van der Waals surface area contributed by atoms with Crippen molar-refractivity contribution in [2.24, 2.45) is 5.92 Å². The molecule has 3 atom stereocenters. The Balaban J connectivity index is 0.000000980. The fraction of sp³-hybridized carbons (Fsp3) is 0.875. The summed E-state index contributed by atoms with van der Waals surface area (Å²) in [4.78, 5) is 11.8. The number of hydrogen-bond donors (Lipinski definition) is 0. The third-order valence-electron chi connectivity index (χ3n) is 2.67. The zero-order chi connectivity index (χ0) is 9.59. The van der Waals surface area contributed by atoms with E-state index in [0.29, 0.717) is 5.92 Å². The normalized spacial score (nSPS) is 35.2. The van der Waals surface area contributed by atoms with Gasteiger partial charge in [-0.25, -0.2) is 8.78 Å². The van der Waals surface area contributed by atoms with Gasteiger partial charge in [0.15, 0.2) is 0 Å². The zero-order valence-electron chi connectivity index (χ0n) is 7.95. The van der Waals surface area contributed by atoms with E-state index in [9.17, 15) is 18.7 Å². The molecule has 1 saturated heterocycles. The molecule has 0 N–H and O–H groups in total. The molecule has 1 saturated carbocycles. The minimum Gasteiger partial charge on any atom is -0.548 e. The van der Waals surface area contributed by atoms with Crippen LogP contribution in [0.4, 0.5) is 8.78 Å². The van der Waals surface area contributed by atoms with E-state index in [2.05, 4.69) is 0 Å². The summed E-state index contributed by atoms with van der Waals surface area (Å²) in [5, 5.41) is 10.5. The number of alkyl halides is 2. The second-order valence-electron chi connectivity index (χ2n) is 3.68. The van der Waals surface area contributed by atoms with E-state index in [1.54, 1.807) is 0 Å². The van der Waals surface area contributed by atoms with Gasteiger partial charge in [-0.05, 0) is 18.8 Å². The summed E-state index contributed by atoms with van der Waals surface area (Å²) in [6.45, 7) is -0.431. The number of carboxylic acid groups (broad SMARTS) is 1. The number of halogens is 2. The Hall–Kier alpha value is -0.113. The molecule has 0 aromatic carbocycles. The predicted octanol–water partition coefficient (Wildman–Crippen LogP) is -3.53. The fourth-order valence-corrected chi connectivity index (χ4v) is 1.93. The Morgan fingerprint density at radius 2 is 2.07 bits per heavy atom. The maximum atomic E-state index is 12.0. The van der Waals surface area contributed by atoms with Gasteiger partial charge in [-0.15, -0.1) is 0 Å². The van der Waals surface area contributed by atoms with Crippen LogP contribution in [0.15, 0.2) is 0 Å². The van der Waals surface area contributed by atoms with Gasteiger partial charge in [0.1, 0.15) is 0 Å². The van der Waals surface area contributed by atoms with Gasteiger partial charge in [-0.3, -0.25) is 4.90 Å². The van der Waals surface area contributed by atoms with E-state index >= 15 is 0 Å². The summed E-state index contributed by atoms with van der Waals surface area (Å²) in [5.74, 6) is -0.890. The van der Waals surface area contributed by atoms with Crippen LogP contribution in [0.2, 0.25) is 0 Å². The summed E-state index contributed by atoms with van der Waals surface area (Å²) in [5.41, 5.74) is 0. The van der Waals surface area contributed by atoms with Crippen molar-refractivity contribution in [2.75, 3.05) is 6.54 Å². The van der Waals surface area contributed by atoms with Gasteiger partial charge >= 0.3 is 18.9 Å². The van der Waals surface area contributed by atoms with Crippen molar-refractivity contribution < 1.29 is 37.5 Å². The molecular formula is C8H10F2LiNO2. The van der Waals surface area contributed by atoms with Crippen molar-refractivity contribution in [1.29, 1.82) is 0 Å². The molecule has 3 nitrogen and oxygen atoms in total. The predicted molar refractivity (Wildman–Crippen MR) is 38.0 cm³/mol. The minimum absolute atomic E-state index is 0. The van der Waals surface area contributed by atoms with Crippen LogP contribution >= 0.6 is 0 Å². The van der Waals surface area contributed by atoms with Crippen LogP contribution in [0.3, 0.4) is 0 Å². The van der Waals surface area contributed by atoms with Crippen molar-refractivity contribution in [2.45, 2.75) is 31.4 Å². The van der Waals surface area contributed by atoms with Crippen LogP contribution in [0, 0.1) is 5.92 Å². The molecule has 1 aliphatic heterocycles. The number of nitrogens with zero attached hydrogens (tertiary/aromatic N) is 1. The van der Waals surface area contributed by atoms with E-state index in [0.717, 1.165) is 12.8 Å². The smallest absolute Gasteiger partial charge is 0.548 e. The summed E-state index contributed by atoms with van der Waals surface area (Å²) >= 11 is 0. The Morgan fingerprint density at radius 1 is 1.50 bits per heavy atom. The molecule has 0 bridgehead atoms. The maximum Gasteiger partial charge on any atom is 1.00 e. The van der Waals surface area contributed by atoms with Crippen LogP contribution in [0.25, 0.3) is 0 Å². The van der Waals surface area contributed by atoms with Gasteiger partial charge in [-0.2, -0.15) is 0 Å². The van der Waals surface area contributed by atoms with Crippen molar-refractivity contribution in [3.8, 4) is 0 Å². The molecule has 0 aromatic heterocycles. The molecule has 2 fully saturated rings.